The highest BCUT2D eigenvalue weighted by Crippen LogP contribution is 2.49. The van der Waals surface area contributed by atoms with E-state index in [1.54, 1.807) is 0 Å². The molecule has 0 N–H and O–H groups in total. The lowest BCUT2D eigenvalue weighted by atomic mass is 9.60. The standard InChI is InChI=1S/C26H29N3O2/c1-20-3-5-21(6-4-20)26(12-2-13-26)22-7-9-23(10-8-22)31-19-24-27-14-11-25(28-24)29-15-17-30-18-16-29/h3-11,14H,2,12-13,15-19H2,1H3. The quantitative estimate of drug-likeness (QED) is 0.585. The Morgan fingerprint density at radius 2 is 1.61 bits per heavy atom. The van der Waals surface area contributed by atoms with Crippen LogP contribution in [0.2, 0.25) is 0 Å². The summed E-state index contributed by atoms with van der Waals surface area (Å²) in [5, 5.41) is 0. The molecule has 0 spiro atoms. The minimum Gasteiger partial charge on any atom is -0.486 e. The van der Waals surface area contributed by atoms with Crippen molar-refractivity contribution in [2.45, 2.75) is 38.2 Å². The fourth-order valence-electron chi connectivity index (χ4n) is 4.59. The zero-order valence-corrected chi connectivity index (χ0v) is 18.1. The number of nitrogens with zero attached hydrogens (tertiary/aromatic N) is 3. The Bertz CT molecular complexity index is 1010. The van der Waals surface area contributed by atoms with Gasteiger partial charge in [-0.05, 0) is 49.1 Å². The Kier molecular flexibility index (Phi) is 5.60. The molecule has 31 heavy (non-hydrogen) atoms. The first-order valence-corrected chi connectivity index (χ1v) is 11.2. The number of hydrogen-bond acceptors (Lipinski definition) is 5. The number of ether oxygens (including phenoxy) is 2. The van der Waals surface area contributed by atoms with E-state index in [0.29, 0.717) is 12.4 Å². The molecule has 0 unspecified atom stereocenters. The molecule has 0 radical (unpaired) electrons. The number of aromatic nitrogens is 2. The van der Waals surface area contributed by atoms with E-state index in [-0.39, 0.29) is 5.41 Å². The van der Waals surface area contributed by atoms with Gasteiger partial charge in [0.2, 0.25) is 0 Å². The predicted molar refractivity (Wildman–Crippen MR) is 122 cm³/mol. The summed E-state index contributed by atoms with van der Waals surface area (Å²) < 4.78 is 11.4. The first kappa shape index (κ1) is 20.0. The SMILES string of the molecule is Cc1ccc(C2(c3ccc(OCc4nccc(N5CCOCC5)n4)cc3)CCC2)cc1. The first-order chi connectivity index (χ1) is 15.2. The zero-order valence-electron chi connectivity index (χ0n) is 18.1. The van der Waals surface area contributed by atoms with Gasteiger partial charge in [0.15, 0.2) is 5.82 Å². The van der Waals surface area contributed by atoms with Crippen molar-refractivity contribution in [3.05, 3.63) is 83.3 Å². The van der Waals surface area contributed by atoms with Gasteiger partial charge in [-0.3, -0.25) is 0 Å². The Balaban J connectivity index is 1.26. The van der Waals surface area contributed by atoms with Crippen LogP contribution in [-0.2, 0) is 16.8 Å². The normalized spacial score (nSPS) is 17.8. The molecule has 2 heterocycles. The summed E-state index contributed by atoms with van der Waals surface area (Å²) in [5.74, 6) is 2.49. The smallest absolute Gasteiger partial charge is 0.168 e. The lowest BCUT2D eigenvalue weighted by Gasteiger charge is -2.43. The molecule has 5 nitrogen and oxygen atoms in total. The zero-order chi connectivity index (χ0) is 21.1. The predicted octanol–water partition coefficient (Wildman–Crippen LogP) is 4.67. The van der Waals surface area contributed by atoms with Crippen LogP contribution in [0.1, 0.15) is 41.8 Å². The average molecular weight is 416 g/mol. The van der Waals surface area contributed by atoms with Crippen molar-refractivity contribution < 1.29 is 9.47 Å². The molecule has 1 saturated heterocycles. The van der Waals surface area contributed by atoms with E-state index in [4.69, 9.17) is 9.47 Å². The third-order valence-corrected chi connectivity index (χ3v) is 6.61. The highest BCUT2D eigenvalue weighted by Gasteiger charge is 2.40. The summed E-state index contributed by atoms with van der Waals surface area (Å²) in [4.78, 5) is 11.3. The Hall–Kier alpha value is -2.92. The van der Waals surface area contributed by atoms with E-state index in [9.17, 15) is 0 Å². The Morgan fingerprint density at radius 3 is 2.26 bits per heavy atom. The number of anilines is 1. The molecule has 2 aliphatic rings. The van der Waals surface area contributed by atoms with Crippen LogP contribution in [0.3, 0.4) is 0 Å². The van der Waals surface area contributed by atoms with Crippen molar-refractivity contribution in [2.24, 2.45) is 0 Å². The van der Waals surface area contributed by atoms with Gasteiger partial charge in [0.1, 0.15) is 18.2 Å². The monoisotopic (exact) mass is 415 g/mol. The van der Waals surface area contributed by atoms with Crippen molar-refractivity contribution >= 4 is 5.82 Å². The lowest BCUT2D eigenvalue weighted by molar-refractivity contribution is 0.122. The molecule has 0 amide bonds. The van der Waals surface area contributed by atoms with E-state index in [2.05, 4.69) is 70.3 Å². The van der Waals surface area contributed by atoms with Crippen molar-refractivity contribution in [1.82, 2.24) is 9.97 Å². The molecular weight excluding hydrogens is 386 g/mol. The third kappa shape index (κ3) is 4.15. The van der Waals surface area contributed by atoms with Gasteiger partial charge in [0, 0.05) is 24.7 Å². The van der Waals surface area contributed by atoms with Gasteiger partial charge in [0.05, 0.1) is 13.2 Å². The molecule has 0 atom stereocenters. The second kappa shape index (κ2) is 8.67. The van der Waals surface area contributed by atoms with Crippen molar-refractivity contribution in [1.29, 1.82) is 0 Å². The van der Waals surface area contributed by atoms with E-state index in [0.717, 1.165) is 37.9 Å². The highest BCUT2D eigenvalue weighted by molar-refractivity contribution is 5.44. The average Bonchev–Trinajstić information content (AvgIpc) is 2.80. The number of morpholine rings is 1. The van der Waals surface area contributed by atoms with Crippen molar-refractivity contribution in [2.75, 3.05) is 31.2 Å². The molecule has 160 valence electrons. The van der Waals surface area contributed by atoms with E-state index >= 15 is 0 Å². The van der Waals surface area contributed by atoms with Gasteiger partial charge in [-0.2, -0.15) is 0 Å². The highest BCUT2D eigenvalue weighted by atomic mass is 16.5. The first-order valence-electron chi connectivity index (χ1n) is 11.2. The summed E-state index contributed by atoms with van der Waals surface area (Å²) in [7, 11) is 0. The summed E-state index contributed by atoms with van der Waals surface area (Å²) >= 11 is 0. The fourth-order valence-corrected chi connectivity index (χ4v) is 4.59. The van der Waals surface area contributed by atoms with Crippen LogP contribution < -0.4 is 9.64 Å². The summed E-state index contributed by atoms with van der Waals surface area (Å²) in [6, 6.07) is 19.6. The van der Waals surface area contributed by atoms with Crippen LogP contribution in [0.5, 0.6) is 5.75 Å². The van der Waals surface area contributed by atoms with E-state index in [1.165, 1.54) is 36.0 Å². The molecule has 1 aliphatic heterocycles. The van der Waals surface area contributed by atoms with Crippen molar-refractivity contribution in [3.8, 4) is 5.75 Å². The molecule has 0 bridgehead atoms. The van der Waals surface area contributed by atoms with Crippen molar-refractivity contribution in [3.63, 3.8) is 0 Å². The van der Waals surface area contributed by atoms with Gasteiger partial charge in [-0.1, -0.05) is 48.4 Å². The maximum atomic E-state index is 6.01. The second-order valence-electron chi connectivity index (χ2n) is 8.55. The molecule has 1 aliphatic carbocycles. The number of hydrogen-bond donors (Lipinski definition) is 0. The Labute approximate surface area is 184 Å². The number of aryl methyl sites for hydroxylation is 1. The van der Waals surface area contributed by atoms with Crippen LogP contribution in [0, 0.1) is 6.92 Å². The maximum Gasteiger partial charge on any atom is 0.168 e. The summed E-state index contributed by atoms with van der Waals surface area (Å²) in [6.45, 7) is 5.71. The Morgan fingerprint density at radius 1 is 0.935 bits per heavy atom. The molecule has 5 heteroatoms. The topological polar surface area (TPSA) is 47.5 Å². The maximum absolute atomic E-state index is 6.01. The molecular formula is C26H29N3O2. The van der Waals surface area contributed by atoms with Crippen LogP contribution in [-0.4, -0.2) is 36.3 Å². The molecule has 1 aromatic heterocycles. The van der Waals surface area contributed by atoms with Gasteiger partial charge < -0.3 is 14.4 Å². The van der Waals surface area contributed by atoms with Crippen LogP contribution in [0.15, 0.2) is 60.8 Å². The summed E-state index contributed by atoms with van der Waals surface area (Å²) in [6.07, 6.45) is 5.50. The number of rotatable bonds is 6. The molecule has 2 fully saturated rings. The molecule has 2 aromatic carbocycles. The second-order valence-corrected chi connectivity index (χ2v) is 8.55. The molecule has 3 aromatic rings. The molecule has 1 saturated carbocycles. The minimum atomic E-state index is 0.155. The van der Waals surface area contributed by atoms with E-state index in [1.807, 2.05) is 12.3 Å². The minimum absolute atomic E-state index is 0.155. The van der Waals surface area contributed by atoms with Gasteiger partial charge in [0.25, 0.3) is 0 Å². The lowest BCUT2D eigenvalue weighted by Crippen LogP contribution is -2.36. The van der Waals surface area contributed by atoms with Crippen LogP contribution in [0.4, 0.5) is 5.82 Å². The summed E-state index contributed by atoms with van der Waals surface area (Å²) in [5.41, 5.74) is 4.26. The number of benzene rings is 2. The van der Waals surface area contributed by atoms with Gasteiger partial charge in [-0.25, -0.2) is 9.97 Å². The fraction of sp³-hybridized carbons (Fsp3) is 0.385. The van der Waals surface area contributed by atoms with E-state index < -0.39 is 0 Å². The molecule has 5 rings (SSSR count). The van der Waals surface area contributed by atoms with Crippen LogP contribution in [0.25, 0.3) is 0 Å². The largest absolute Gasteiger partial charge is 0.486 e. The van der Waals surface area contributed by atoms with Gasteiger partial charge in [-0.15, -0.1) is 0 Å². The van der Waals surface area contributed by atoms with Crippen LogP contribution >= 0.6 is 0 Å². The van der Waals surface area contributed by atoms with Gasteiger partial charge >= 0.3 is 0 Å². The third-order valence-electron chi connectivity index (χ3n) is 6.61.